The molecule has 2 rings (SSSR count). The third-order valence-electron chi connectivity index (χ3n) is 2.58. The van der Waals surface area contributed by atoms with Gasteiger partial charge in [-0.1, -0.05) is 60.2 Å². The van der Waals surface area contributed by atoms with Gasteiger partial charge in [0, 0.05) is 13.1 Å². The largest absolute Gasteiger partial charge is 1.00 e. The molecule has 2 aromatic carbocycles. The van der Waals surface area contributed by atoms with E-state index in [4.69, 9.17) is 0 Å². The van der Waals surface area contributed by atoms with Gasteiger partial charge in [-0.3, -0.25) is 0 Å². The maximum atomic E-state index is 3.45. The summed E-state index contributed by atoms with van der Waals surface area (Å²) >= 11 is 0. The van der Waals surface area contributed by atoms with Crippen LogP contribution in [0.25, 0.3) is 0 Å². The molecule has 0 aliphatic rings. The van der Waals surface area contributed by atoms with Crippen molar-refractivity contribution in [3.63, 3.8) is 0 Å². The minimum Gasteiger partial charge on any atom is -1.00 e. The van der Waals surface area contributed by atoms with Crippen molar-refractivity contribution in [2.45, 2.75) is 20.0 Å². The van der Waals surface area contributed by atoms with Crippen LogP contribution < -0.4 is 17.7 Å². The topological polar surface area (TPSA) is 12.0 Å². The third-order valence-corrected chi connectivity index (χ3v) is 2.58. The molecule has 0 saturated heterocycles. The summed E-state index contributed by atoms with van der Waals surface area (Å²) in [6.07, 6.45) is 0. The van der Waals surface area contributed by atoms with Gasteiger partial charge in [0.15, 0.2) is 0 Å². The van der Waals surface area contributed by atoms with Crippen LogP contribution in [-0.4, -0.2) is 0 Å². The summed E-state index contributed by atoms with van der Waals surface area (Å²) in [6.45, 7) is 3.98. The van der Waals surface area contributed by atoms with E-state index in [1.54, 1.807) is 0 Å². The van der Waals surface area contributed by atoms with Crippen LogP contribution in [0.4, 0.5) is 0 Å². The minimum atomic E-state index is 0. The molecule has 0 aromatic heterocycles. The second kappa shape index (κ2) is 7.10. The third kappa shape index (κ3) is 4.59. The molecule has 2 heteroatoms. The van der Waals surface area contributed by atoms with E-state index in [9.17, 15) is 0 Å². The molecule has 0 radical (unpaired) electrons. The van der Waals surface area contributed by atoms with Crippen LogP contribution in [0.1, 0.15) is 16.7 Å². The lowest BCUT2D eigenvalue weighted by Crippen LogP contribution is -3.00. The first-order valence-electron chi connectivity index (χ1n) is 5.65. The number of hydrogen-bond acceptors (Lipinski definition) is 1. The van der Waals surface area contributed by atoms with Crippen LogP contribution in [0, 0.1) is 6.92 Å². The molecule has 0 atom stereocenters. The first kappa shape index (κ1) is 13.8. The zero-order chi connectivity index (χ0) is 11.2. The van der Waals surface area contributed by atoms with Crippen LogP contribution in [-0.2, 0) is 13.1 Å². The van der Waals surface area contributed by atoms with Gasteiger partial charge in [0.2, 0.25) is 0 Å². The Balaban J connectivity index is 0.00000144. The van der Waals surface area contributed by atoms with Gasteiger partial charge in [-0.15, -0.1) is 0 Å². The summed E-state index contributed by atoms with van der Waals surface area (Å²) in [7, 11) is 0. The summed E-state index contributed by atoms with van der Waals surface area (Å²) in [6, 6.07) is 19.1. The summed E-state index contributed by atoms with van der Waals surface area (Å²) in [5, 5.41) is 3.45. The van der Waals surface area contributed by atoms with E-state index in [0.29, 0.717) is 0 Å². The van der Waals surface area contributed by atoms with Crippen molar-refractivity contribution in [3.05, 3.63) is 71.3 Å². The van der Waals surface area contributed by atoms with Gasteiger partial charge in [0.1, 0.15) is 0 Å². The summed E-state index contributed by atoms with van der Waals surface area (Å²) in [4.78, 5) is 0. The van der Waals surface area contributed by atoms with Crippen LogP contribution in [0.5, 0.6) is 0 Å². The Morgan fingerprint density at radius 2 is 1.47 bits per heavy atom. The van der Waals surface area contributed by atoms with E-state index in [1.165, 1.54) is 16.7 Å². The molecule has 0 aliphatic heterocycles. The maximum Gasteiger partial charge on any atom is 0.0208 e. The second-order valence-corrected chi connectivity index (χ2v) is 4.08. The Bertz CT molecular complexity index is 440. The average Bonchev–Trinajstić information content (AvgIpc) is 2.30. The predicted octanol–water partition coefficient (Wildman–Crippen LogP) is 0.289. The summed E-state index contributed by atoms with van der Waals surface area (Å²) in [5.74, 6) is 0. The molecule has 0 aliphatic carbocycles. The summed E-state index contributed by atoms with van der Waals surface area (Å²) < 4.78 is 0. The van der Waals surface area contributed by atoms with Gasteiger partial charge < -0.3 is 17.7 Å². The highest BCUT2D eigenvalue weighted by molar-refractivity contribution is 5.22. The Morgan fingerprint density at radius 3 is 2.18 bits per heavy atom. The summed E-state index contributed by atoms with van der Waals surface area (Å²) in [5.41, 5.74) is 3.99. The van der Waals surface area contributed by atoms with Crippen molar-refractivity contribution in [1.29, 1.82) is 0 Å². The zero-order valence-corrected chi connectivity index (χ0v) is 10.7. The van der Waals surface area contributed by atoms with Gasteiger partial charge in [0.25, 0.3) is 0 Å². The Kier molecular flexibility index (Phi) is 5.75. The lowest BCUT2D eigenvalue weighted by molar-refractivity contribution is -0.00000335. The van der Waals surface area contributed by atoms with E-state index < -0.39 is 0 Å². The molecule has 2 aromatic rings. The fourth-order valence-corrected chi connectivity index (χ4v) is 1.77. The lowest BCUT2D eigenvalue weighted by atomic mass is 10.1. The average molecular weight is 247 g/mol. The quantitative estimate of drug-likeness (QED) is 0.818. The first-order valence-corrected chi connectivity index (χ1v) is 5.65. The van der Waals surface area contributed by atoms with Crippen molar-refractivity contribution >= 4 is 0 Å². The lowest BCUT2D eigenvalue weighted by Gasteiger charge is -2.05. The molecule has 1 N–H and O–H groups in total. The van der Waals surface area contributed by atoms with Crippen molar-refractivity contribution in [1.82, 2.24) is 5.32 Å². The monoisotopic (exact) mass is 246 g/mol. The molecule has 0 spiro atoms. The Morgan fingerprint density at radius 1 is 0.824 bits per heavy atom. The molecule has 17 heavy (non-hydrogen) atoms. The molecular weight excluding hydrogens is 230 g/mol. The molecular formula is C15H17ClN-. The number of aryl methyl sites for hydroxylation is 1. The van der Waals surface area contributed by atoms with Gasteiger partial charge in [0.05, 0.1) is 0 Å². The molecule has 0 saturated carbocycles. The second-order valence-electron chi connectivity index (χ2n) is 4.08. The van der Waals surface area contributed by atoms with Gasteiger partial charge in [-0.25, -0.2) is 0 Å². The molecule has 0 heterocycles. The normalized spacial score (nSPS) is 9.71. The Labute approximate surface area is 109 Å². The van der Waals surface area contributed by atoms with E-state index in [-0.39, 0.29) is 12.4 Å². The molecule has 0 bridgehead atoms. The van der Waals surface area contributed by atoms with Crippen LogP contribution in [0.2, 0.25) is 0 Å². The predicted molar refractivity (Wildman–Crippen MR) is 68.2 cm³/mol. The first-order chi connectivity index (χ1) is 7.84. The molecule has 1 nitrogen and oxygen atoms in total. The number of nitrogens with one attached hydrogen (secondary N) is 1. The molecule has 0 unspecified atom stereocenters. The SMILES string of the molecule is Cc1cccc(CNCc2ccccc2)c1.[Cl-]. The van der Waals surface area contributed by atoms with Crippen molar-refractivity contribution < 1.29 is 12.4 Å². The fourth-order valence-electron chi connectivity index (χ4n) is 1.77. The number of hydrogen-bond donors (Lipinski definition) is 1. The van der Waals surface area contributed by atoms with Gasteiger partial charge >= 0.3 is 0 Å². The van der Waals surface area contributed by atoms with Crippen molar-refractivity contribution in [3.8, 4) is 0 Å². The number of rotatable bonds is 4. The highest BCUT2D eigenvalue weighted by Gasteiger charge is 1.93. The fraction of sp³-hybridized carbons (Fsp3) is 0.200. The number of halogens is 1. The van der Waals surface area contributed by atoms with Crippen molar-refractivity contribution in [2.24, 2.45) is 0 Å². The highest BCUT2D eigenvalue weighted by Crippen LogP contribution is 2.04. The maximum absolute atomic E-state index is 3.45. The minimum absolute atomic E-state index is 0. The molecule has 90 valence electrons. The standard InChI is InChI=1S/C15H17N.ClH/c1-13-6-5-9-15(10-13)12-16-11-14-7-3-2-4-8-14;/h2-10,16H,11-12H2,1H3;1H/p-1. The molecule has 0 fully saturated rings. The van der Waals surface area contributed by atoms with E-state index in [0.717, 1.165) is 13.1 Å². The highest BCUT2D eigenvalue weighted by atomic mass is 35.5. The van der Waals surface area contributed by atoms with E-state index >= 15 is 0 Å². The van der Waals surface area contributed by atoms with Gasteiger partial charge in [-0.05, 0) is 18.1 Å². The van der Waals surface area contributed by atoms with E-state index in [1.807, 2.05) is 6.07 Å². The van der Waals surface area contributed by atoms with Crippen LogP contribution >= 0.6 is 0 Å². The van der Waals surface area contributed by atoms with Crippen LogP contribution in [0.3, 0.4) is 0 Å². The number of benzene rings is 2. The zero-order valence-electron chi connectivity index (χ0n) is 9.99. The van der Waals surface area contributed by atoms with E-state index in [2.05, 4.69) is 60.8 Å². The Hall–Kier alpha value is -1.31. The molecule has 0 amide bonds. The van der Waals surface area contributed by atoms with Gasteiger partial charge in [-0.2, -0.15) is 0 Å². The van der Waals surface area contributed by atoms with Crippen molar-refractivity contribution in [2.75, 3.05) is 0 Å². The van der Waals surface area contributed by atoms with Crippen LogP contribution in [0.15, 0.2) is 54.6 Å². The smallest absolute Gasteiger partial charge is 0.0208 e.